The highest BCUT2D eigenvalue weighted by atomic mass is 127. The van der Waals surface area contributed by atoms with Crippen molar-refractivity contribution in [2.45, 2.75) is 20.3 Å². The zero-order valence-corrected chi connectivity index (χ0v) is 16.1. The molecule has 0 bridgehead atoms. The Kier molecular flexibility index (Phi) is 7.01. The number of benzene rings is 2. The predicted octanol–water partition coefficient (Wildman–Crippen LogP) is 5.15. The predicted molar refractivity (Wildman–Crippen MR) is 98.3 cm³/mol. The maximum Gasteiger partial charge on any atom is 0.188 e. The third kappa shape index (κ3) is 5.28. The SMILES string of the molecule is CC(C)COCC(=O)c1ccc(F)c(F)c1Cc1ccc(I)cc1F. The zero-order chi connectivity index (χ0) is 18.6. The van der Waals surface area contributed by atoms with Gasteiger partial charge in [0.2, 0.25) is 0 Å². The van der Waals surface area contributed by atoms with Crippen LogP contribution in [0.15, 0.2) is 30.3 Å². The summed E-state index contributed by atoms with van der Waals surface area (Å²) in [6, 6.07) is 6.60. The van der Waals surface area contributed by atoms with Crippen LogP contribution < -0.4 is 0 Å². The monoisotopic (exact) mass is 462 g/mol. The van der Waals surface area contributed by atoms with E-state index in [-0.39, 0.29) is 35.6 Å². The van der Waals surface area contributed by atoms with E-state index in [2.05, 4.69) is 0 Å². The number of hydrogen-bond donors (Lipinski definition) is 0. The summed E-state index contributed by atoms with van der Waals surface area (Å²) in [7, 11) is 0. The van der Waals surface area contributed by atoms with Crippen molar-refractivity contribution in [3.8, 4) is 0 Å². The van der Waals surface area contributed by atoms with E-state index in [1.165, 1.54) is 18.2 Å². The average Bonchev–Trinajstić information content (AvgIpc) is 2.53. The standard InChI is InChI=1S/C19H18F3IO2/c1-11(2)9-25-10-18(24)14-5-6-16(20)19(22)15(14)7-12-3-4-13(23)8-17(12)21/h3-6,8,11H,7,9-10H2,1-2H3. The van der Waals surface area contributed by atoms with Crippen LogP contribution in [0.4, 0.5) is 13.2 Å². The molecule has 2 rings (SSSR count). The molecule has 0 N–H and O–H groups in total. The molecule has 0 aliphatic carbocycles. The van der Waals surface area contributed by atoms with Crippen LogP contribution in [0.1, 0.15) is 35.3 Å². The highest BCUT2D eigenvalue weighted by Crippen LogP contribution is 2.23. The lowest BCUT2D eigenvalue weighted by molar-refractivity contribution is 0.0704. The van der Waals surface area contributed by atoms with Gasteiger partial charge in [-0.3, -0.25) is 4.79 Å². The summed E-state index contributed by atoms with van der Waals surface area (Å²) in [5.41, 5.74) is 0.0564. The molecule has 6 heteroatoms. The van der Waals surface area contributed by atoms with Crippen LogP contribution in [0.25, 0.3) is 0 Å². The van der Waals surface area contributed by atoms with Gasteiger partial charge >= 0.3 is 0 Å². The maximum absolute atomic E-state index is 14.3. The molecule has 0 spiro atoms. The topological polar surface area (TPSA) is 26.3 Å². The van der Waals surface area contributed by atoms with Gasteiger partial charge in [0.05, 0.1) is 0 Å². The van der Waals surface area contributed by atoms with E-state index in [4.69, 9.17) is 4.74 Å². The summed E-state index contributed by atoms with van der Waals surface area (Å²) < 4.78 is 48.0. The van der Waals surface area contributed by atoms with E-state index in [1.807, 2.05) is 36.4 Å². The van der Waals surface area contributed by atoms with Gasteiger partial charge in [-0.25, -0.2) is 13.2 Å². The Morgan fingerprint density at radius 1 is 1.12 bits per heavy atom. The second kappa shape index (κ2) is 8.80. The summed E-state index contributed by atoms with van der Waals surface area (Å²) in [5.74, 6) is -2.93. The van der Waals surface area contributed by atoms with Crippen LogP contribution >= 0.6 is 22.6 Å². The van der Waals surface area contributed by atoms with Crippen LogP contribution in [-0.2, 0) is 11.2 Å². The minimum absolute atomic E-state index is 0.0145. The molecule has 0 aliphatic rings. The summed E-state index contributed by atoms with van der Waals surface area (Å²) in [5, 5.41) is 0. The first-order chi connectivity index (χ1) is 11.8. The Morgan fingerprint density at radius 3 is 2.48 bits per heavy atom. The number of carbonyl (C=O) groups is 1. The maximum atomic E-state index is 14.3. The zero-order valence-electron chi connectivity index (χ0n) is 13.9. The van der Waals surface area contributed by atoms with E-state index < -0.39 is 23.2 Å². The fourth-order valence-corrected chi connectivity index (χ4v) is 2.80. The van der Waals surface area contributed by atoms with Gasteiger partial charge in [-0.15, -0.1) is 0 Å². The van der Waals surface area contributed by atoms with Gasteiger partial charge in [0.25, 0.3) is 0 Å². The molecule has 0 heterocycles. The van der Waals surface area contributed by atoms with E-state index >= 15 is 0 Å². The lowest BCUT2D eigenvalue weighted by Crippen LogP contribution is -2.16. The lowest BCUT2D eigenvalue weighted by Gasteiger charge is -2.12. The van der Waals surface area contributed by atoms with Gasteiger partial charge in [0, 0.05) is 27.7 Å². The number of rotatable bonds is 7. The largest absolute Gasteiger partial charge is 0.373 e. The summed E-state index contributed by atoms with van der Waals surface area (Å²) in [4.78, 5) is 12.3. The molecule has 134 valence electrons. The number of halogens is 4. The summed E-state index contributed by atoms with van der Waals surface area (Å²) >= 11 is 1.96. The van der Waals surface area contributed by atoms with E-state index in [0.29, 0.717) is 10.2 Å². The fraction of sp³-hybridized carbons (Fsp3) is 0.316. The minimum Gasteiger partial charge on any atom is -0.373 e. The highest BCUT2D eigenvalue weighted by Gasteiger charge is 2.20. The van der Waals surface area contributed by atoms with Crippen molar-refractivity contribution < 1.29 is 22.7 Å². The summed E-state index contributed by atoms with van der Waals surface area (Å²) in [6.45, 7) is 4.03. The quantitative estimate of drug-likeness (QED) is 0.420. The van der Waals surface area contributed by atoms with Gasteiger partial charge in [-0.2, -0.15) is 0 Å². The Balaban J connectivity index is 2.32. The van der Waals surface area contributed by atoms with Crippen molar-refractivity contribution in [1.29, 1.82) is 0 Å². The first-order valence-electron chi connectivity index (χ1n) is 7.81. The molecule has 0 saturated carbocycles. The third-order valence-electron chi connectivity index (χ3n) is 3.56. The summed E-state index contributed by atoms with van der Waals surface area (Å²) in [6.07, 6.45) is -0.211. The molecule has 2 aromatic rings. The van der Waals surface area contributed by atoms with Gasteiger partial charge in [0.15, 0.2) is 17.4 Å². The Hall–Kier alpha value is -1.41. The molecule has 25 heavy (non-hydrogen) atoms. The molecule has 2 nitrogen and oxygen atoms in total. The number of ketones is 1. The molecule has 0 fully saturated rings. The normalized spacial score (nSPS) is 11.2. The molecule has 0 radical (unpaired) electrons. The van der Waals surface area contributed by atoms with E-state index in [9.17, 15) is 18.0 Å². The first kappa shape index (κ1) is 19.9. The van der Waals surface area contributed by atoms with Crippen LogP contribution in [-0.4, -0.2) is 19.0 Å². The third-order valence-corrected chi connectivity index (χ3v) is 4.23. The number of carbonyl (C=O) groups excluding carboxylic acids is 1. The lowest BCUT2D eigenvalue weighted by atomic mass is 9.96. The highest BCUT2D eigenvalue weighted by molar-refractivity contribution is 14.1. The molecule has 0 aromatic heterocycles. The molecule has 0 saturated heterocycles. The second-order valence-corrected chi connectivity index (χ2v) is 7.38. The number of Topliss-reactive ketones (excluding diaryl/α,β-unsaturated/α-hetero) is 1. The van der Waals surface area contributed by atoms with Crippen molar-refractivity contribution in [3.05, 3.63) is 68.0 Å². The Labute approximate surface area is 158 Å². The van der Waals surface area contributed by atoms with Crippen molar-refractivity contribution in [2.24, 2.45) is 5.92 Å². The molecule has 2 aromatic carbocycles. The number of ether oxygens (including phenoxy) is 1. The van der Waals surface area contributed by atoms with Crippen molar-refractivity contribution in [2.75, 3.05) is 13.2 Å². The Morgan fingerprint density at radius 2 is 1.84 bits per heavy atom. The van der Waals surface area contributed by atoms with Crippen molar-refractivity contribution >= 4 is 28.4 Å². The van der Waals surface area contributed by atoms with E-state index in [1.54, 1.807) is 6.07 Å². The Bertz CT molecular complexity index is 776. The molecule has 0 amide bonds. The van der Waals surface area contributed by atoms with Crippen molar-refractivity contribution in [3.63, 3.8) is 0 Å². The molecular weight excluding hydrogens is 444 g/mol. The molecular formula is C19H18F3IO2. The van der Waals surface area contributed by atoms with Crippen molar-refractivity contribution in [1.82, 2.24) is 0 Å². The van der Waals surface area contributed by atoms with Crippen LogP contribution in [0.2, 0.25) is 0 Å². The average molecular weight is 462 g/mol. The van der Waals surface area contributed by atoms with Crippen LogP contribution in [0.3, 0.4) is 0 Å². The van der Waals surface area contributed by atoms with E-state index in [0.717, 1.165) is 6.07 Å². The first-order valence-corrected chi connectivity index (χ1v) is 8.89. The minimum atomic E-state index is -1.13. The van der Waals surface area contributed by atoms with Gasteiger partial charge in [0.1, 0.15) is 12.4 Å². The van der Waals surface area contributed by atoms with Crippen LogP contribution in [0, 0.1) is 26.9 Å². The molecule has 0 unspecified atom stereocenters. The number of hydrogen-bond acceptors (Lipinski definition) is 2. The van der Waals surface area contributed by atoms with Gasteiger partial charge in [-0.1, -0.05) is 19.9 Å². The molecule has 0 aliphatic heterocycles. The van der Waals surface area contributed by atoms with Gasteiger partial charge < -0.3 is 4.74 Å². The smallest absolute Gasteiger partial charge is 0.188 e. The van der Waals surface area contributed by atoms with Gasteiger partial charge in [-0.05, 0) is 58.3 Å². The fourth-order valence-electron chi connectivity index (χ4n) is 2.35. The molecule has 0 atom stereocenters. The van der Waals surface area contributed by atoms with Crippen LogP contribution in [0.5, 0.6) is 0 Å². The second-order valence-electron chi connectivity index (χ2n) is 6.13.